The number of allylic oxidation sites excluding steroid dienone is 2. The molecule has 62 valence electrons. The summed E-state index contributed by atoms with van der Waals surface area (Å²) in [7, 11) is 1.56. The lowest BCUT2D eigenvalue weighted by Crippen LogP contribution is -2.18. The number of nitrogens with zero attached hydrogens (tertiary/aromatic N) is 1. The maximum atomic E-state index is 12.7. The highest BCUT2D eigenvalue weighted by atomic mass is 19.1. The Hall–Kier alpha value is -0.675. The average Bonchev–Trinajstić information content (AvgIpc) is 2.02. The molecule has 11 heavy (non-hydrogen) atoms. The van der Waals surface area contributed by atoms with Gasteiger partial charge >= 0.3 is 7.12 Å². The SMILES string of the molecule is CN=C/C(F)=C(\C)B(O)OC. The summed E-state index contributed by atoms with van der Waals surface area (Å²) in [5.74, 6) is -0.568. The Morgan fingerprint density at radius 1 is 1.73 bits per heavy atom. The maximum Gasteiger partial charge on any atom is 0.489 e. The van der Waals surface area contributed by atoms with Gasteiger partial charge in [0.25, 0.3) is 0 Å². The van der Waals surface area contributed by atoms with Crippen LogP contribution < -0.4 is 0 Å². The Morgan fingerprint density at radius 3 is 2.64 bits per heavy atom. The third-order valence-electron chi connectivity index (χ3n) is 1.21. The van der Waals surface area contributed by atoms with E-state index in [0.29, 0.717) is 0 Å². The Morgan fingerprint density at radius 2 is 2.27 bits per heavy atom. The van der Waals surface area contributed by atoms with Gasteiger partial charge in [-0.15, -0.1) is 0 Å². The third kappa shape index (κ3) is 3.29. The van der Waals surface area contributed by atoms with Gasteiger partial charge in [-0.05, 0) is 12.4 Å². The van der Waals surface area contributed by atoms with E-state index in [9.17, 15) is 4.39 Å². The highest BCUT2D eigenvalue weighted by Gasteiger charge is 2.16. The molecular weight excluding hydrogens is 148 g/mol. The predicted octanol–water partition coefficient (Wildman–Crippen LogP) is 0.597. The van der Waals surface area contributed by atoms with E-state index in [1.165, 1.54) is 21.1 Å². The van der Waals surface area contributed by atoms with E-state index < -0.39 is 12.9 Å². The zero-order valence-corrected chi connectivity index (χ0v) is 6.84. The highest BCUT2D eigenvalue weighted by Crippen LogP contribution is 2.05. The van der Waals surface area contributed by atoms with Crippen LogP contribution in [0.5, 0.6) is 0 Å². The van der Waals surface area contributed by atoms with Crippen LogP contribution in [0.3, 0.4) is 0 Å². The van der Waals surface area contributed by atoms with Crippen molar-refractivity contribution in [3.05, 3.63) is 11.3 Å². The van der Waals surface area contributed by atoms with Gasteiger partial charge in [-0.1, -0.05) is 0 Å². The van der Waals surface area contributed by atoms with Gasteiger partial charge in [0.2, 0.25) is 0 Å². The molecule has 0 heterocycles. The molecule has 1 N–H and O–H groups in total. The first-order valence-corrected chi connectivity index (χ1v) is 3.12. The Bertz CT molecular complexity index is 181. The van der Waals surface area contributed by atoms with Crippen LogP contribution in [-0.2, 0) is 4.65 Å². The van der Waals surface area contributed by atoms with Gasteiger partial charge < -0.3 is 9.68 Å². The smallest absolute Gasteiger partial charge is 0.423 e. The number of hydrogen-bond acceptors (Lipinski definition) is 3. The molecule has 0 rings (SSSR count). The number of hydrogen-bond donors (Lipinski definition) is 1. The molecule has 0 bridgehead atoms. The summed E-state index contributed by atoms with van der Waals surface area (Å²) in [5, 5.41) is 8.94. The van der Waals surface area contributed by atoms with E-state index in [2.05, 4.69) is 9.65 Å². The molecular formula is C6H11BFNO2. The zero-order chi connectivity index (χ0) is 8.85. The number of rotatable bonds is 3. The van der Waals surface area contributed by atoms with Crippen molar-refractivity contribution in [1.82, 2.24) is 0 Å². The summed E-state index contributed by atoms with van der Waals surface area (Å²) >= 11 is 0. The van der Waals surface area contributed by atoms with Crippen LogP contribution in [-0.4, -0.2) is 32.5 Å². The monoisotopic (exact) mass is 159 g/mol. The minimum atomic E-state index is -1.19. The molecule has 0 aliphatic carbocycles. The molecule has 0 unspecified atom stereocenters. The largest absolute Gasteiger partial charge is 0.489 e. The maximum absolute atomic E-state index is 12.7. The molecule has 0 aromatic rings. The fourth-order valence-corrected chi connectivity index (χ4v) is 0.510. The second-order valence-electron chi connectivity index (χ2n) is 2.01. The molecule has 0 aliphatic heterocycles. The van der Waals surface area contributed by atoms with E-state index in [4.69, 9.17) is 5.02 Å². The van der Waals surface area contributed by atoms with Crippen molar-refractivity contribution >= 4 is 13.3 Å². The standard InChI is InChI=1S/C6H11BFNO2/c1-5(7(10)11-3)6(8)4-9-2/h4,10H,1-3H3/b6-5-,9-4?. The summed E-state index contributed by atoms with van der Waals surface area (Å²) in [6, 6.07) is 0. The van der Waals surface area contributed by atoms with E-state index in [-0.39, 0.29) is 5.47 Å². The summed E-state index contributed by atoms with van der Waals surface area (Å²) in [4.78, 5) is 3.45. The van der Waals surface area contributed by atoms with E-state index >= 15 is 0 Å². The highest BCUT2D eigenvalue weighted by molar-refractivity contribution is 6.52. The second-order valence-corrected chi connectivity index (χ2v) is 2.01. The predicted molar refractivity (Wildman–Crippen MR) is 43.2 cm³/mol. The van der Waals surface area contributed by atoms with Crippen molar-refractivity contribution in [1.29, 1.82) is 0 Å². The molecule has 0 saturated heterocycles. The van der Waals surface area contributed by atoms with Gasteiger partial charge in [-0.3, -0.25) is 4.99 Å². The summed E-state index contributed by atoms with van der Waals surface area (Å²) in [5.41, 5.74) is 0.123. The van der Waals surface area contributed by atoms with Crippen LogP contribution in [0, 0.1) is 0 Å². The van der Waals surface area contributed by atoms with Crippen LogP contribution in [0.4, 0.5) is 4.39 Å². The fourth-order valence-electron chi connectivity index (χ4n) is 0.510. The summed E-state index contributed by atoms with van der Waals surface area (Å²) < 4.78 is 17.2. The van der Waals surface area contributed by atoms with E-state index in [1.54, 1.807) is 0 Å². The van der Waals surface area contributed by atoms with Gasteiger partial charge in [-0.2, -0.15) is 0 Å². The fraction of sp³-hybridized carbons (Fsp3) is 0.500. The van der Waals surface area contributed by atoms with Crippen molar-refractivity contribution in [2.24, 2.45) is 4.99 Å². The second kappa shape index (κ2) is 5.04. The Balaban J connectivity index is 4.38. The first-order valence-electron chi connectivity index (χ1n) is 3.12. The Kier molecular flexibility index (Phi) is 4.73. The lowest BCUT2D eigenvalue weighted by molar-refractivity contribution is 0.335. The summed E-state index contributed by atoms with van der Waals surface area (Å²) in [6.07, 6.45) is 1.03. The van der Waals surface area contributed by atoms with Gasteiger partial charge in [-0.25, -0.2) is 4.39 Å². The number of halogens is 1. The molecule has 0 saturated carbocycles. The minimum Gasteiger partial charge on any atom is -0.423 e. The van der Waals surface area contributed by atoms with Crippen molar-refractivity contribution in [3.8, 4) is 0 Å². The van der Waals surface area contributed by atoms with Crippen LogP contribution in [0.1, 0.15) is 6.92 Å². The summed E-state index contributed by atoms with van der Waals surface area (Å²) in [6.45, 7) is 1.44. The molecule has 0 radical (unpaired) electrons. The van der Waals surface area contributed by atoms with E-state index in [1.807, 2.05) is 0 Å². The lowest BCUT2D eigenvalue weighted by Gasteiger charge is -2.02. The topological polar surface area (TPSA) is 41.8 Å². The van der Waals surface area contributed by atoms with Crippen LogP contribution in [0.15, 0.2) is 16.3 Å². The van der Waals surface area contributed by atoms with Crippen LogP contribution >= 0.6 is 0 Å². The molecule has 0 aliphatic rings. The minimum absolute atomic E-state index is 0.123. The molecule has 0 aromatic carbocycles. The first-order chi connectivity index (χ1) is 5.13. The number of aliphatic imine (C=N–C) groups is 1. The van der Waals surface area contributed by atoms with Crippen molar-refractivity contribution < 1.29 is 14.1 Å². The molecule has 0 aromatic heterocycles. The van der Waals surface area contributed by atoms with Crippen molar-refractivity contribution in [2.75, 3.05) is 14.2 Å². The first kappa shape index (κ1) is 10.3. The Labute approximate surface area is 65.7 Å². The van der Waals surface area contributed by atoms with Crippen molar-refractivity contribution in [2.45, 2.75) is 6.92 Å². The van der Waals surface area contributed by atoms with Crippen molar-refractivity contribution in [3.63, 3.8) is 0 Å². The molecule has 5 heteroatoms. The molecule has 3 nitrogen and oxygen atoms in total. The van der Waals surface area contributed by atoms with Gasteiger partial charge in [0.15, 0.2) is 0 Å². The normalized spacial score (nSPS) is 13.5. The van der Waals surface area contributed by atoms with Crippen LogP contribution in [0.25, 0.3) is 0 Å². The molecule has 0 fully saturated rings. The lowest BCUT2D eigenvalue weighted by atomic mass is 9.79. The molecule has 0 amide bonds. The molecule has 0 spiro atoms. The van der Waals surface area contributed by atoms with Crippen LogP contribution in [0.2, 0.25) is 0 Å². The third-order valence-corrected chi connectivity index (χ3v) is 1.21. The average molecular weight is 159 g/mol. The quantitative estimate of drug-likeness (QED) is 0.483. The van der Waals surface area contributed by atoms with E-state index in [0.717, 1.165) is 6.21 Å². The van der Waals surface area contributed by atoms with Gasteiger partial charge in [0, 0.05) is 14.2 Å². The van der Waals surface area contributed by atoms with Gasteiger partial charge in [0.1, 0.15) is 5.83 Å². The van der Waals surface area contributed by atoms with Gasteiger partial charge in [0.05, 0.1) is 6.21 Å². The molecule has 0 atom stereocenters. The zero-order valence-electron chi connectivity index (χ0n) is 6.84.